The number of benzene rings is 3. The Morgan fingerprint density at radius 3 is 2.37 bits per heavy atom. The maximum absolute atomic E-state index is 13.5. The number of aromatic amines is 1. The first-order valence-electron chi connectivity index (χ1n) is 12.3. The molecule has 1 fully saturated rings. The molecular weight excluding hydrogens is 480 g/mol. The van der Waals surface area contributed by atoms with Gasteiger partial charge < -0.3 is 14.8 Å². The van der Waals surface area contributed by atoms with Crippen molar-refractivity contribution in [1.82, 2.24) is 4.98 Å². The van der Waals surface area contributed by atoms with Crippen LogP contribution in [0.2, 0.25) is 0 Å². The first-order chi connectivity index (χ1) is 18.1. The van der Waals surface area contributed by atoms with Crippen molar-refractivity contribution in [2.45, 2.75) is 32.2 Å². The molecule has 3 aromatic carbocycles. The third-order valence-corrected chi connectivity index (χ3v) is 6.93. The fourth-order valence-corrected chi connectivity index (χ4v) is 4.89. The molecule has 2 heterocycles. The smallest absolute Gasteiger partial charge is 0.337 e. The van der Waals surface area contributed by atoms with Crippen molar-refractivity contribution >= 4 is 40.0 Å². The molecule has 7 nitrogen and oxygen atoms in total. The number of amides is 1. The normalized spacial score (nSPS) is 17.3. The zero-order chi connectivity index (χ0) is 27.2. The summed E-state index contributed by atoms with van der Waals surface area (Å²) in [5.41, 5.74) is 3.43. The molecule has 2 N–H and O–H groups in total. The second kappa shape index (κ2) is 9.34. The van der Waals surface area contributed by atoms with E-state index in [0.717, 1.165) is 16.5 Å². The van der Waals surface area contributed by atoms with Crippen molar-refractivity contribution in [2.75, 3.05) is 12.0 Å². The second-order valence-corrected chi connectivity index (χ2v) is 10.3. The third-order valence-electron chi connectivity index (χ3n) is 6.93. The summed E-state index contributed by atoms with van der Waals surface area (Å²) in [5.74, 6) is -2.43. The molecule has 1 aliphatic heterocycles. The summed E-state index contributed by atoms with van der Waals surface area (Å²) in [7, 11) is 1.28. The van der Waals surface area contributed by atoms with Gasteiger partial charge in [0.1, 0.15) is 5.76 Å². The van der Waals surface area contributed by atoms with Gasteiger partial charge in [-0.2, -0.15) is 0 Å². The molecule has 192 valence electrons. The number of fused-ring (bicyclic) bond motifs is 1. The molecule has 1 aliphatic rings. The predicted octanol–water partition coefficient (Wildman–Crippen LogP) is 5.88. The summed E-state index contributed by atoms with van der Waals surface area (Å²) in [6, 6.07) is 20.5. The molecule has 1 amide bonds. The molecule has 1 saturated heterocycles. The molecule has 0 bridgehead atoms. The van der Waals surface area contributed by atoms with E-state index in [0.29, 0.717) is 16.8 Å². The van der Waals surface area contributed by atoms with Crippen LogP contribution in [-0.4, -0.2) is 34.9 Å². The number of carbonyl (C=O) groups is 3. The molecule has 1 atom stereocenters. The van der Waals surface area contributed by atoms with Crippen LogP contribution in [0.1, 0.15) is 53.9 Å². The van der Waals surface area contributed by atoms with Crippen LogP contribution in [-0.2, 0) is 19.7 Å². The number of aliphatic hydroxyl groups is 1. The van der Waals surface area contributed by atoms with Crippen molar-refractivity contribution in [3.8, 4) is 0 Å². The van der Waals surface area contributed by atoms with E-state index in [4.69, 9.17) is 4.74 Å². The number of aliphatic hydroxyl groups excluding tert-OH is 1. The number of methoxy groups -OCH3 is 1. The number of rotatable bonds is 4. The molecule has 4 aromatic rings. The zero-order valence-corrected chi connectivity index (χ0v) is 21.6. The number of hydrogen-bond acceptors (Lipinski definition) is 5. The van der Waals surface area contributed by atoms with Gasteiger partial charge in [0.2, 0.25) is 0 Å². The Kier molecular flexibility index (Phi) is 6.15. The van der Waals surface area contributed by atoms with Crippen LogP contribution in [0.4, 0.5) is 5.69 Å². The molecule has 38 heavy (non-hydrogen) atoms. The van der Waals surface area contributed by atoms with Crippen molar-refractivity contribution in [2.24, 2.45) is 0 Å². The lowest BCUT2D eigenvalue weighted by atomic mass is 9.85. The Balaban J connectivity index is 1.73. The van der Waals surface area contributed by atoms with Gasteiger partial charge in [0.05, 0.1) is 24.3 Å². The van der Waals surface area contributed by atoms with Gasteiger partial charge in [-0.3, -0.25) is 14.5 Å². The van der Waals surface area contributed by atoms with Gasteiger partial charge >= 0.3 is 5.97 Å². The average molecular weight is 509 g/mol. The summed E-state index contributed by atoms with van der Waals surface area (Å²) in [4.78, 5) is 43.7. The Morgan fingerprint density at radius 1 is 0.974 bits per heavy atom. The Morgan fingerprint density at radius 2 is 1.68 bits per heavy atom. The highest BCUT2D eigenvalue weighted by Gasteiger charge is 2.47. The van der Waals surface area contributed by atoms with E-state index in [2.05, 4.69) is 25.8 Å². The maximum atomic E-state index is 13.5. The van der Waals surface area contributed by atoms with Crippen molar-refractivity contribution in [3.05, 3.63) is 107 Å². The van der Waals surface area contributed by atoms with Crippen LogP contribution < -0.4 is 4.90 Å². The molecule has 5 rings (SSSR count). The van der Waals surface area contributed by atoms with Crippen LogP contribution in [0.25, 0.3) is 16.7 Å². The fourth-order valence-electron chi connectivity index (χ4n) is 4.89. The summed E-state index contributed by atoms with van der Waals surface area (Å²) in [5, 5.41) is 12.3. The van der Waals surface area contributed by atoms with E-state index < -0.39 is 23.7 Å². The number of H-pyrrole nitrogens is 1. The van der Waals surface area contributed by atoms with Crippen molar-refractivity contribution < 1.29 is 24.2 Å². The second-order valence-electron chi connectivity index (χ2n) is 10.3. The van der Waals surface area contributed by atoms with Crippen molar-refractivity contribution in [1.29, 1.82) is 0 Å². The number of nitrogens with one attached hydrogen (secondary N) is 1. The van der Waals surface area contributed by atoms with Gasteiger partial charge in [0.25, 0.3) is 11.7 Å². The highest BCUT2D eigenvalue weighted by Crippen LogP contribution is 2.43. The highest BCUT2D eigenvalue weighted by atomic mass is 16.5. The lowest BCUT2D eigenvalue weighted by Crippen LogP contribution is -2.29. The fraction of sp³-hybridized carbons (Fsp3) is 0.194. The van der Waals surface area contributed by atoms with Gasteiger partial charge in [-0.05, 0) is 40.8 Å². The molecule has 0 spiro atoms. The topological polar surface area (TPSA) is 99.7 Å². The molecule has 0 aliphatic carbocycles. The third kappa shape index (κ3) is 4.16. The molecule has 1 aromatic heterocycles. The number of para-hydroxylation sites is 1. The predicted molar refractivity (Wildman–Crippen MR) is 146 cm³/mol. The van der Waals surface area contributed by atoms with Crippen LogP contribution in [0, 0.1) is 0 Å². The molecule has 7 heteroatoms. The van der Waals surface area contributed by atoms with Gasteiger partial charge in [-0.25, -0.2) is 4.79 Å². The van der Waals surface area contributed by atoms with Crippen LogP contribution in [0.3, 0.4) is 0 Å². The first-order valence-corrected chi connectivity index (χ1v) is 12.3. The Hall–Kier alpha value is -4.65. The van der Waals surface area contributed by atoms with E-state index in [1.807, 2.05) is 48.5 Å². The van der Waals surface area contributed by atoms with Crippen molar-refractivity contribution in [3.63, 3.8) is 0 Å². The minimum Gasteiger partial charge on any atom is -0.507 e. The van der Waals surface area contributed by atoms with E-state index >= 15 is 0 Å². The molecule has 0 radical (unpaired) electrons. The van der Waals surface area contributed by atoms with E-state index in [9.17, 15) is 19.5 Å². The number of carbonyl (C=O) groups excluding carboxylic acids is 3. The zero-order valence-electron chi connectivity index (χ0n) is 21.6. The van der Waals surface area contributed by atoms with E-state index in [1.165, 1.54) is 18.1 Å². The number of esters is 1. The highest BCUT2D eigenvalue weighted by molar-refractivity contribution is 6.51. The average Bonchev–Trinajstić information content (AvgIpc) is 3.46. The minimum atomic E-state index is -0.912. The number of ketones is 1. The lowest BCUT2D eigenvalue weighted by Gasteiger charge is -2.27. The number of hydrogen-bond donors (Lipinski definition) is 2. The van der Waals surface area contributed by atoms with E-state index in [-0.39, 0.29) is 22.3 Å². The number of Topliss-reactive ketones (excluding diaryl/α,β-unsaturated/α-hetero) is 1. The summed E-state index contributed by atoms with van der Waals surface area (Å²) in [6.45, 7) is 6.30. The van der Waals surface area contributed by atoms with Crippen LogP contribution in [0.5, 0.6) is 0 Å². The maximum Gasteiger partial charge on any atom is 0.337 e. The summed E-state index contributed by atoms with van der Waals surface area (Å²) < 4.78 is 4.85. The van der Waals surface area contributed by atoms with Crippen LogP contribution >= 0.6 is 0 Å². The van der Waals surface area contributed by atoms with E-state index in [1.54, 1.807) is 24.4 Å². The Labute approximate surface area is 220 Å². The summed E-state index contributed by atoms with van der Waals surface area (Å²) in [6.07, 6.45) is 1.63. The minimum absolute atomic E-state index is 0.0215. The number of nitrogens with zero attached hydrogens (tertiary/aromatic N) is 1. The van der Waals surface area contributed by atoms with Gasteiger partial charge in [-0.15, -0.1) is 0 Å². The number of ether oxygens (including phenoxy) is 1. The molecule has 0 saturated carbocycles. The van der Waals surface area contributed by atoms with Crippen LogP contribution in [0.15, 0.2) is 84.6 Å². The number of aromatic nitrogens is 1. The quantitative estimate of drug-likeness (QED) is 0.155. The number of anilines is 1. The largest absolute Gasteiger partial charge is 0.507 e. The lowest BCUT2D eigenvalue weighted by molar-refractivity contribution is -0.132. The standard InChI is InChI=1S/C31H28N2O5/c1-31(2,3)20-14-12-18(13-15-20)26-25(27(34)23-17-32-24-11-6-5-10-22(23)24)28(35)29(36)33(26)21-9-7-8-19(16-21)30(37)38-4/h5-17,26,32,34H,1-4H3/b27-25-. The SMILES string of the molecule is COC(=O)c1cccc(N2C(=O)C(=O)/C(=C(\O)c3c[nH]c4ccccc34)C2c2ccc(C(C)(C)C)cc2)c1. The summed E-state index contributed by atoms with van der Waals surface area (Å²) >= 11 is 0. The van der Waals surface area contributed by atoms with Gasteiger partial charge in [0, 0.05) is 28.4 Å². The monoisotopic (exact) mass is 508 g/mol. The van der Waals surface area contributed by atoms with Gasteiger partial charge in [-0.1, -0.05) is 69.3 Å². The van der Waals surface area contributed by atoms with Gasteiger partial charge in [0.15, 0.2) is 0 Å². The molecule has 1 unspecified atom stereocenters. The first kappa shape index (κ1) is 25.0. The molecular formula is C31H28N2O5. The Bertz CT molecular complexity index is 1610.